The molecule has 3 heteroatoms. The van der Waals surface area contributed by atoms with E-state index in [1.807, 2.05) is 19.1 Å². The zero-order valence-corrected chi connectivity index (χ0v) is 8.91. The number of aliphatic hydroxyl groups excluding tert-OH is 1. The van der Waals surface area contributed by atoms with Gasteiger partial charge in [0.2, 0.25) is 0 Å². The first-order valence-corrected chi connectivity index (χ1v) is 4.46. The molecular formula is C8H13IO2. The van der Waals surface area contributed by atoms with Crippen LogP contribution in [0.1, 0.15) is 6.92 Å². The first-order valence-electron chi connectivity index (χ1n) is 3.38. The van der Waals surface area contributed by atoms with Crippen LogP contribution in [-0.2, 0) is 4.74 Å². The van der Waals surface area contributed by atoms with Gasteiger partial charge in [0.25, 0.3) is 0 Å². The van der Waals surface area contributed by atoms with Crippen molar-refractivity contribution >= 4 is 22.6 Å². The minimum atomic E-state index is -0.00671. The summed E-state index contributed by atoms with van der Waals surface area (Å²) < 4.78 is 6.14. The summed E-state index contributed by atoms with van der Waals surface area (Å²) in [6, 6.07) is 0. The van der Waals surface area contributed by atoms with E-state index in [1.54, 1.807) is 13.2 Å². The monoisotopic (exact) mass is 268 g/mol. The van der Waals surface area contributed by atoms with E-state index < -0.39 is 0 Å². The summed E-state index contributed by atoms with van der Waals surface area (Å²) in [6.45, 7) is 2.00. The van der Waals surface area contributed by atoms with Gasteiger partial charge in [0.1, 0.15) is 6.10 Å². The summed E-state index contributed by atoms with van der Waals surface area (Å²) in [7, 11) is 1.65. The van der Waals surface area contributed by atoms with E-state index in [0.717, 1.165) is 3.58 Å². The minimum absolute atomic E-state index is 0.00671. The number of methoxy groups -OCH3 is 1. The summed E-state index contributed by atoms with van der Waals surface area (Å²) in [5.41, 5.74) is 0. The van der Waals surface area contributed by atoms with Gasteiger partial charge in [-0.1, -0.05) is 12.2 Å². The van der Waals surface area contributed by atoms with Gasteiger partial charge in [0.05, 0.1) is 6.61 Å². The number of halogens is 1. The van der Waals surface area contributed by atoms with Crippen LogP contribution in [-0.4, -0.2) is 24.9 Å². The van der Waals surface area contributed by atoms with E-state index in [2.05, 4.69) is 22.6 Å². The third kappa shape index (κ3) is 4.55. The predicted molar refractivity (Wildman–Crippen MR) is 54.8 cm³/mol. The van der Waals surface area contributed by atoms with Crippen molar-refractivity contribution in [2.24, 2.45) is 0 Å². The number of allylic oxidation sites excluding steroid dienone is 1. The van der Waals surface area contributed by atoms with Crippen LogP contribution in [0.15, 0.2) is 21.8 Å². The molecule has 2 nitrogen and oxygen atoms in total. The van der Waals surface area contributed by atoms with Crippen LogP contribution in [0.5, 0.6) is 0 Å². The Hall–Kier alpha value is 0.130. The van der Waals surface area contributed by atoms with E-state index in [1.165, 1.54) is 0 Å². The Labute approximate surface area is 81.1 Å². The highest BCUT2D eigenvalue weighted by Gasteiger charge is 2.04. The molecule has 0 aliphatic rings. The molecule has 1 unspecified atom stereocenters. The molecule has 1 atom stereocenters. The van der Waals surface area contributed by atoms with Gasteiger partial charge in [-0.25, -0.2) is 0 Å². The van der Waals surface area contributed by atoms with Crippen LogP contribution in [0.25, 0.3) is 0 Å². The summed E-state index contributed by atoms with van der Waals surface area (Å²) >= 11 is 2.15. The summed E-state index contributed by atoms with van der Waals surface area (Å²) in [5.74, 6) is 0. The first kappa shape index (κ1) is 11.1. The highest BCUT2D eigenvalue weighted by Crippen LogP contribution is 2.15. The van der Waals surface area contributed by atoms with Crippen LogP contribution in [0, 0.1) is 0 Å². The third-order valence-electron chi connectivity index (χ3n) is 1.18. The maximum atomic E-state index is 8.59. The average molecular weight is 268 g/mol. The number of aliphatic hydroxyl groups is 1. The lowest BCUT2D eigenvalue weighted by molar-refractivity contribution is 0.175. The maximum absolute atomic E-state index is 8.59. The molecule has 0 aromatic rings. The normalized spacial score (nSPS) is 15.8. The highest BCUT2D eigenvalue weighted by atomic mass is 127. The topological polar surface area (TPSA) is 29.5 Å². The third-order valence-corrected chi connectivity index (χ3v) is 2.23. The van der Waals surface area contributed by atoms with Gasteiger partial charge >= 0.3 is 0 Å². The molecule has 0 saturated carbocycles. The van der Waals surface area contributed by atoms with Crippen molar-refractivity contribution in [3.63, 3.8) is 0 Å². The van der Waals surface area contributed by atoms with Crippen LogP contribution < -0.4 is 0 Å². The molecule has 0 bridgehead atoms. The maximum Gasteiger partial charge on any atom is 0.106 e. The van der Waals surface area contributed by atoms with Crippen LogP contribution >= 0.6 is 22.6 Å². The summed E-state index contributed by atoms with van der Waals surface area (Å²) in [5, 5.41) is 8.59. The molecule has 0 aromatic carbocycles. The van der Waals surface area contributed by atoms with E-state index in [0.29, 0.717) is 0 Å². The molecule has 1 N–H and O–H groups in total. The molecule has 64 valence electrons. The SMILES string of the molecule is C/C=C/C(OC)/C(I)=C/CO. The number of ether oxygens (including phenoxy) is 1. The van der Waals surface area contributed by atoms with E-state index in [9.17, 15) is 0 Å². The van der Waals surface area contributed by atoms with E-state index >= 15 is 0 Å². The Morgan fingerprint density at radius 3 is 2.73 bits per heavy atom. The number of rotatable bonds is 4. The average Bonchev–Trinajstić information content (AvgIpc) is 2.00. The molecule has 0 amide bonds. The van der Waals surface area contributed by atoms with Crippen molar-refractivity contribution in [3.8, 4) is 0 Å². The molecule has 0 radical (unpaired) electrons. The summed E-state index contributed by atoms with van der Waals surface area (Å²) in [6.07, 6.45) is 5.59. The second kappa shape index (κ2) is 6.82. The Bertz CT molecular complexity index is 152. The van der Waals surface area contributed by atoms with Gasteiger partial charge in [-0.15, -0.1) is 0 Å². The zero-order chi connectivity index (χ0) is 8.69. The van der Waals surface area contributed by atoms with Crippen LogP contribution in [0.4, 0.5) is 0 Å². The second-order valence-corrected chi connectivity index (χ2v) is 3.20. The molecule has 0 saturated heterocycles. The van der Waals surface area contributed by atoms with E-state index in [4.69, 9.17) is 9.84 Å². The van der Waals surface area contributed by atoms with Crippen molar-refractivity contribution < 1.29 is 9.84 Å². The second-order valence-electron chi connectivity index (χ2n) is 1.95. The van der Waals surface area contributed by atoms with E-state index in [-0.39, 0.29) is 12.7 Å². The molecule has 11 heavy (non-hydrogen) atoms. The molecule has 0 heterocycles. The molecule has 0 fully saturated rings. The fraction of sp³-hybridized carbons (Fsp3) is 0.500. The number of hydrogen-bond donors (Lipinski definition) is 1. The Kier molecular flexibility index (Phi) is 6.90. The number of hydrogen-bond acceptors (Lipinski definition) is 2. The van der Waals surface area contributed by atoms with Crippen molar-refractivity contribution in [3.05, 3.63) is 21.8 Å². The van der Waals surface area contributed by atoms with Crippen LogP contribution in [0.2, 0.25) is 0 Å². The predicted octanol–water partition coefficient (Wildman–Crippen LogP) is 1.89. The molecule has 0 aliphatic carbocycles. The lowest BCUT2D eigenvalue weighted by Gasteiger charge is -2.08. The summed E-state index contributed by atoms with van der Waals surface area (Å²) in [4.78, 5) is 0. The lowest BCUT2D eigenvalue weighted by Crippen LogP contribution is -2.06. The van der Waals surface area contributed by atoms with Crippen molar-refractivity contribution in [2.75, 3.05) is 13.7 Å². The zero-order valence-electron chi connectivity index (χ0n) is 6.75. The van der Waals surface area contributed by atoms with Crippen molar-refractivity contribution in [1.29, 1.82) is 0 Å². The molecular weight excluding hydrogens is 255 g/mol. The first-order chi connectivity index (χ1) is 5.26. The smallest absolute Gasteiger partial charge is 0.106 e. The fourth-order valence-corrected chi connectivity index (χ4v) is 1.32. The Balaban J connectivity index is 4.13. The molecule has 0 aromatic heterocycles. The van der Waals surface area contributed by atoms with Gasteiger partial charge in [0, 0.05) is 10.7 Å². The van der Waals surface area contributed by atoms with Gasteiger partial charge in [0.15, 0.2) is 0 Å². The Morgan fingerprint density at radius 1 is 1.73 bits per heavy atom. The lowest BCUT2D eigenvalue weighted by atomic mass is 10.3. The standard InChI is InChI=1S/C8H13IO2/c1-3-4-8(11-2)7(9)5-6-10/h3-5,8,10H,6H2,1-2H3/b4-3+,7-5-. The van der Waals surface area contributed by atoms with Gasteiger partial charge in [-0.05, 0) is 35.6 Å². The Morgan fingerprint density at radius 2 is 2.36 bits per heavy atom. The molecule has 0 spiro atoms. The van der Waals surface area contributed by atoms with Gasteiger partial charge in [-0.2, -0.15) is 0 Å². The highest BCUT2D eigenvalue weighted by molar-refractivity contribution is 14.1. The quantitative estimate of drug-likeness (QED) is 0.623. The largest absolute Gasteiger partial charge is 0.392 e. The van der Waals surface area contributed by atoms with Gasteiger partial charge in [-0.3, -0.25) is 0 Å². The molecule has 0 aliphatic heterocycles. The van der Waals surface area contributed by atoms with Crippen molar-refractivity contribution in [1.82, 2.24) is 0 Å². The molecule has 0 rings (SSSR count). The van der Waals surface area contributed by atoms with Crippen LogP contribution in [0.3, 0.4) is 0 Å². The minimum Gasteiger partial charge on any atom is -0.392 e. The van der Waals surface area contributed by atoms with Crippen molar-refractivity contribution in [2.45, 2.75) is 13.0 Å². The fourth-order valence-electron chi connectivity index (χ4n) is 0.661. The van der Waals surface area contributed by atoms with Gasteiger partial charge < -0.3 is 9.84 Å².